The van der Waals surface area contributed by atoms with Crippen LogP contribution in [0.1, 0.15) is 5.56 Å². The molecule has 0 spiro atoms. The molecular weight excluding hydrogens is 322 g/mol. The predicted molar refractivity (Wildman–Crippen MR) is 97.5 cm³/mol. The van der Waals surface area contributed by atoms with Crippen LogP contribution in [0.5, 0.6) is 5.75 Å². The fraction of sp³-hybridized carbons (Fsp3) is 0.0526. The molecule has 0 bridgehead atoms. The molecule has 0 aliphatic heterocycles. The monoisotopic (exact) mass is 338 g/mol. The van der Waals surface area contributed by atoms with Crippen LogP contribution >= 0.6 is 11.6 Å². The van der Waals surface area contributed by atoms with Crippen molar-refractivity contribution in [2.75, 3.05) is 0 Å². The van der Waals surface area contributed by atoms with Crippen LogP contribution in [0.3, 0.4) is 0 Å². The van der Waals surface area contributed by atoms with Crippen molar-refractivity contribution in [3.8, 4) is 16.9 Å². The van der Waals surface area contributed by atoms with Crippen molar-refractivity contribution in [1.82, 2.24) is 0 Å². The van der Waals surface area contributed by atoms with Crippen LogP contribution in [-0.2, 0) is 6.61 Å². The van der Waals surface area contributed by atoms with E-state index in [-0.39, 0.29) is 0 Å². The zero-order chi connectivity index (χ0) is 16.9. The summed E-state index contributed by atoms with van der Waals surface area (Å²) in [5.41, 5.74) is 3.26. The van der Waals surface area contributed by atoms with Gasteiger partial charge < -0.3 is 14.8 Å². The molecule has 0 aliphatic carbocycles. The van der Waals surface area contributed by atoms with E-state index >= 15 is 0 Å². The predicted octanol–water partition coefficient (Wildman–Crippen LogP) is 3.27. The first-order valence-corrected chi connectivity index (χ1v) is 7.94. The summed E-state index contributed by atoms with van der Waals surface area (Å²) in [4.78, 5) is 0. The molecule has 24 heavy (non-hydrogen) atoms. The lowest BCUT2D eigenvalue weighted by atomic mass is 9.80. The van der Waals surface area contributed by atoms with E-state index in [1.54, 1.807) is 24.3 Å². The van der Waals surface area contributed by atoms with E-state index < -0.39 is 7.12 Å². The zero-order valence-electron chi connectivity index (χ0n) is 12.9. The molecule has 3 aromatic carbocycles. The minimum absolute atomic E-state index is 0.296. The lowest BCUT2D eigenvalue weighted by molar-refractivity contribution is 0.306. The van der Waals surface area contributed by atoms with Crippen LogP contribution in [0.15, 0.2) is 72.8 Å². The fourth-order valence-corrected chi connectivity index (χ4v) is 2.75. The number of halogens is 1. The van der Waals surface area contributed by atoms with E-state index in [1.165, 1.54) is 0 Å². The van der Waals surface area contributed by atoms with Gasteiger partial charge in [0.2, 0.25) is 0 Å². The second-order valence-corrected chi connectivity index (χ2v) is 5.76. The van der Waals surface area contributed by atoms with Crippen LogP contribution in [0, 0.1) is 0 Å². The molecular formula is C19H16BClO3. The average Bonchev–Trinajstić information content (AvgIpc) is 2.62. The van der Waals surface area contributed by atoms with E-state index in [2.05, 4.69) is 0 Å². The van der Waals surface area contributed by atoms with Gasteiger partial charge in [0.15, 0.2) is 0 Å². The first kappa shape index (κ1) is 16.6. The molecule has 3 rings (SSSR count). The van der Waals surface area contributed by atoms with Gasteiger partial charge in [0.05, 0.1) is 5.02 Å². The summed E-state index contributed by atoms with van der Waals surface area (Å²) in [7, 11) is -1.52. The second-order valence-electron chi connectivity index (χ2n) is 5.38. The van der Waals surface area contributed by atoms with Crippen molar-refractivity contribution in [2.24, 2.45) is 0 Å². The number of rotatable bonds is 5. The van der Waals surface area contributed by atoms with Gasteiger partial charge in [-0.05, 0) is 23.2 Å². The SMILES string of the molecule is OB(O)c1cccc(OCc2cccc(-c3ccccc3)c2Cl)c1. The van der Waals surface area contributed by atoms with Gasteiger partial charge in [-0.1, -0.05) is 72.3 Å². The van der Waals surface area contributed by atoms with Crippen molar-refractivity contribution in [2.45, 2.75) is 6.61 Å². The first-order chi connectivity index (χ1) is 11.6. The van der Waals surface area contributed by atoms with E-state index in [0.29, 0.717) is 22.8 Å². The summed E-state index contributed by atoms with van der Waals surface area (Å²) >= 11 is 6.53. The summed E-state index contributed by atoms with van der Waals surface area (Å²) in [5.74, 6) is 0.557. The summed E-state index contributed by atoms with van der Waals surface area (Å²) in [6.45, 7) is 0.296. The standard InChI is InChI=1S/C19H16BClO3/c21-19-15(8-4-11-18(19)14-6-2-1-3-7-14)13-24-17-10-5-9-16(12-17)20(22)23/h1-12,22-23H,13H2. The van der Waals surface area contributed by atoms with Crippen LogP contribution < -0.4 is 10.2 Å². The van der Waals surface area contributed by atoms with Crippen molar-refractivity contribution in [1.29, 1.82) is 0 Å². The van der Waals surface area contributed by atoms with Gasteiger partial charge >= 0.3 is 7.12 Å². The molecule has 3 nitrogen and oxygen atoms in total. The molecule has 0 heterocycles. The Labute approximate surface area is 146 Å². The first-order valence-electron chi connectivity index (χ1n) is 7.57. The Morgan fingerprint density at radius 1 is 0.875 bits per heavy atom. The summed E-state index contributed by atoms with van der Waals surface area (Å²) in [5, 5.41) is 19.1. The maximum atomic E-state index is 9.22. The third-order valence-electron chi connectivity index (χ3n) is 3.71. The molecule has 0 fully saturated rings. The molecule has 0 saturated carbocycles. The Hall–Kier alpha value is -2.27. The minimum Gasteiger partial charge on any atom is -0.489 e. The molecule has 3 aromatic rings. The van der Waals surface area contributed by atoms with Crippen molar-refractivity contribution >= 4 is 24.2 Å². The van der Waals surface area contributed by atoms with Crippen molar-refractivity contribution in [3.05, 3.63) is 83.4 Å². The third kappa shape index (κ3) is 3.79. The largest absolute Gasteiger partial charge is 0.489 e. The van der Waals surface area contributed by atoms with Gasteiger partial charge in [-0.15, -0.1) is 0 Å². The minimum atomic E-state index is -1.52. The Morgan fingerprint density at radius 2 is 1.62 bits per heavy atom. The van der Waals surface area contributed by atoms with Crippen LogP contribution in [-0.4, -0.2) is 17.2 Å². The lowest BCUT2D eigenvalue weighted by Gasteiger charge is -2.12. The molecule has 2 N–H and O–H groups in total. The number of ether oxygens (including phenoxy) is 1. The van der Waals surface area contributed by atoms with Gasteiger partial charge in [-0.25, -0.2) is 0 Å². The Kier molecular flexibility index (Phi) is 5.21. The fourth-order valence-electron chi connectivity index (χ4n) is 2.46. The summed E-state index contributed by atoms with van der Waals surface area (Å²) < 4.78 is 5.75. The van der Waals surface area contributed by atoms with Gasteiger partial charge in [-0.3, -0.25) is 0 Å². The van der Waals surface area contributed by atoms with Gasteiger partial charge in [0.25, 0.3) is 0 Å². The normalized spacial score (nSPS) is 10.5. The van der Waals surface area contributed by atoms with Crippen LogP contribution in [0.4, 0.5) is 0 Å². The number of benzene rings is 3. The summed E-state index contributed by atoms with van der Waals surface area (Å²) in [6, 6.07) is 22.5. The molecule has 0 saturated heterocycles. The highest BCUT2D eigenvalue weighted by Crippen LogP contribution is 2.31. The quantitative estimate of drug-likeness (QED) is 0.702. The van der Waals surface area contributed by atoms with Crippen LogP contribution in [0.2, 0.25) is 5.02 Å². The maximum Gasteiger partial charge on any atom is 0.488 e. The number of hydrogen-bond acceptors (Lipinski definition) is 3. The smallest absolute Gasteiger partial charge is 0.488 e. The second kappa shape index (κ2) is 7.54. The molecule has 0 unspecified atom stereocenters. The Morgan fingerprint density at radius 3 is 2.38 bits per heavy atom. The molecule has 120 valence electrons. The lowest BCUT2D eigenvalue weighted by Crippen LogP contribution is -2.29. The Balaban J connectivity index is 1.80. The zero-order valence-corrected chi connectivity index (χ0v) is 13.6. The molecule has 0 aromatic heterocycles. The van der Waals surface area contributed by atoms with E-state index in [1.807, 2.05) is 48.5 Å². The molecule has 0 amide bonds. The molecule has 5 heteroatoms. The topological polar surface area (TPSA) is 49.7 Å². The van der Waals surface area contributed by atoms with E-state index in [0.717, 1.165) is 16.7 Å². The highest BCUT2D eigenvalue weighted by molar-refractivity contribution is 6.58. The van der Waals surface area contributed by atoms with Crippen molar-refractivity contribution < 1.29 is 14.8 Å². The average molecular weight is 339 g/mol. The van der Waals surface area contributed by atoms with E-state index in [4.69, 9.17) is 16.3 Å². The van der Waals surface area contributed by atoms with E-state index in [9.17, 15) is 10.0 Å². The third-order valence-corrected chi connectivity index (χ3v) is 4.16. The van der Waals surface area contributed by atoms with Gasteiger partial charge in [0, 0.05) is 11.1 Å². The van der Waals surface area contributed by atoms with Crippen molar-refractivity contribution in [3.63, 3.8) is 0 Å². The maximum absolute atomic E-state index is 9.22. The Bertz CT molecular complexity index is 822. The highest BCUT2D eigenvalue weighted by atomic mass is 35.5. The van der Waals surface area contributed by atoms with Crippen LogP contribution in [0.25, 0.3) is 11.1 Å². The number of hydrogen-bond donors (Lipinski definition) is 2. The van der Waals surface area contributed by atoms with Gasteiger partial charge in [-0.2, -0.15) is 0 Å². The van der Waals surface area contributed by atoms with Gasteiger partial charge in [0.1, 0.15) is 12.4 Å². The summed E-state index contributed by atoms with van der Waals surface area (Å²) in [6.07, 6.45) is 0. The molecule has 0 atom stereocenters. The highest BCUT2D eigenvalue weighted by Gasteiger charge is 2.12. The molecule has 0 radical (unpaired) electrons. The molecule has 0 aliphatic rings.